The maximum absolute atomic E-state index is 6.81. The average Bonchev–Trinajstić information content (AvgIpc) is 3.78. The Morgan fingerprint density at radius 1 is 0.246 bits per heavy atom. The van der Waals surface area contributed by atoms with E-state index in [0.29, 0.717) is 17.5 Å². The maximum Gasteiger partial charge on any atom is 0.164 e. The zero-order valence-electron chi connectivity index (χ0n) is 35.3. The van der Waals surface area contributed by atoms with E-state index in [0.717, 1.165) is 88.3 Å². The molecule has 0 N–H and O–H groups in total. The molecule has 0 aliphatic rings. The molecule has 0 spiro atoms. The molecule has 2 heterocycles. The van der Waals surface area contributed by atoms with Crippen molar-refractivity contribution in [1.29, 1.82) is 0 Å². The molecular weight excluding hydrogens is 791 g/mol. The van der Waals surface area contributed by atoms with Crippen LogP contribution in [0, 0.1) is 0 Å². The summed E-state index contributed by atoms with van der Waals surface area (Å²) in [5, 5.41) is 4.17. The Morgan fingerprint density at radius 2 is 0.662 bits per heavy atom. The summed E-state index contributed by atoms with van der Waals surface area (Å²) in [5.41, 5.74) is 15.7. The summed E-state index contributed by atoms with van der Waals surface area (Å²) in [7, 11) is 0. The number of rotatable bonds is 8. The Labute approximate surface area is 376 Å². The van der Waals surface area contributed by atoms with E-state index in [1.807, 2.05) is 24.3 Å². The summed E-state index contributed by atoms with van der Waals surface area (Å²) in [6, 6.07) is 82.8. The molecule has 0 unspecified atom stereocenters. The summed E-state index contributed by atoms with van der Waals surface area (Å²) in [6.45, 7) is 0. The SMILES string of the molecule is c1ccc(-c2cccc(-c3ccc(-c4nc(-c5cccc6c(-c7ccccc7)cccc56)nc(-c5cccc6oc7c(-c8cccc(-c9ccccc9)c8)cccc7c56)n4)cc3)c2)cc1. The fourth-order valence-electron chi connectivity index (χ4n) is 9.20. The van der Waals surface area contributed by atoms with Crippen molar-refractivity contribution in [3.63, 3.8) is 0 Å². The van der Waals surface area contributed by atoms with Crippen LogP contribution in [0.25, 0.3) is 123 Å². The van der Waals surface area contributed by atoms with Crippen molar-refractivity contribution in [1.82, 2.24) is 15.0 Å². The van der Waals surface area contributed by atoms with Gasteiger partial charge >= 0.3 is 0 Å². The lowest BCUT2D eigenvalue weighted by Gasteiger charge is -2.13. The number of hydrogen-bond acceptors (Lipinski definition) is 4. The average molecular weight is 830 g/mol. The molecule has 12 aromatic rings. The van der Waals surface area contributed by atoms with Gasteiger partial charge in [-0.05, 0) is 79.0 Å². The van der Waals surface area contributed by atoms with Gasteiger partial charge in [-0.2, -0.15) is 0 Å². The van der Waals surface area contributed by atoms with Gasteiger partial charge in [-0.25, -0.2) is 15.0 Å². The van der Waals surface area contributed by atoms with Gasteiger partial charge in [0.25, 0.3) is 0 Å². The van der Waals surface area contributed by atoms with Crippen LogP contribution in [0.1, 0.15) is 0 Å². The highest BCUT2D eigenvalue weighted by Gasteiger charge is 2.21. The van der Waals surface area contributed by atoms with Gasteiger partial charge in [-0.1, -0.05) is 218 Å². The maximum atomic E-state index is 6.81. The fraction of sp³-hybridized carbons (Fsp3) is 0. The van der Waals surface area contributed by atoms with E-state index in [4.69, 9.17) is 19.4 Å². The molecule has 0 radical (unpaired) electrons. The van der Waals surface area contributed by atoms with Crippen LogP contribution < -0.4 is 0 Å². The molecule has 4 heteroatoms. The van der Waals surface area contributed by atoms with Crippen molar-refractivity contribution < 1.29 is 4.42 Å². The first-order chi connectivity index (χ1) is 32.2. The molecule has 0 aliphatic heterocycles. The highest BCUT2D eigenvalue weighted by Crippen LogP contribution is 2.42. The summed E-state index contributed by atoms with van der Waals surface area (Å²) in [6.07, 6.45) is 0. The number of aromatic nitrogens is 3. The summed E-state index contributed by atoms with van der Waals surface area (Å²) in [4.78, 5) is 15.9. The predicted octanol–water partition coefficient (Wildman–Crippen LogP) is 16.3. The highest BCUT2D eigenvalue weighted by atomic mass is 16.3. The van der Waals surface area contributed by atoms with E-state index in [-0.39, 0.29) is 0 Å². The van der Waals surface area contributed by atoms with Crippen LogP contribution in [-0.2, 0) is 0 Å². The van der Waals surface area contributed by atoms with Crippen LogP contribution in [0.15, 0.2) is 241 Å². The molecule has 0 amide bonds. The van der Waals surface area contributed by atoms with Gasteiger partial charge in [0.05, 0.1) is 0 Å². The molecule has 0 bridgehead atoms. The molecule has 0 fully saturated rings. The van der Waals surface area contributed by atoms with Gasteiger partial charge in [0, 0.05) is 33.0 Å². The van der Waals surface area contributed by atoms with Crippen molar-refractivity contribution >= 4 is 32.7 Å². The quantitative estimate of drug-likeness (QED) is 0.153. The first-order valence-electron chi connectivity index (χ1n) is 21.9. The van der Waals surface area contributed by atoms with Crippen LogP contribution in [0.2, 0.25) is 0 Å². The molecule has 12 rings (SSSR count). The van der Waals surface area contributed by atoms with Gasteiger partial charge in [0.15, 0.2) is 17.5 Å². The standard InChI is InChI=1S/C61H39N3O/c1-4-16-40(17-5-1)45-22-10-23-46(38-45)42-34-36-44(37-35-42)59-62-60(53-30-14-28-51-49(26-12-29-52(51)53)43-20-8-3-9-21-43)64-61(63-59)55-32-15-33-56-57(55)54-31-13-27-50(58(54)65-56)48-25-11-24-47(39-48)41-18-6-2-7-19-41/h1-39H. The van der Waals surface area contributed by atoms with Gasteiger partial charge in [0.1, 0.15) is 11.2 Å². The minimum atomic E-state index is 0.575. The molecule has 2 aromatic heterocycles. The topological polar surface area (TPSA) is 51.8 Å². The zero-order valence-corrected chi connectivity index (χ0v) is 35.3. The van der Waals surface area contributed by atoms with Crippen LogP contribution in [0.5, 0.6) is 0 Å². The minimum absolute atomic E-state index is 0.575. The second-order valence-electron chi connectivity index (χ2n) is 16.3. The number of hydrogen-bond donors (Lipinski definition) is 0. The van der Waals surface area contributed by atoms with Gasteiger partial charge in [-0.15, -0.1) is 0 Å². The number of furan rings is 1. The molecule has 304 valence electrons. The van der Waals surface area contributed by atoms with Gasteiger partial charge in [0.2, 0.25) is 0 Å². The Morgan fingerprint density at radius 3 is 1.31 bits per heavy atom. The molecule has 65 heavy (non-hydrogen) atoms. The van der Waals surface area contributed by atoms with Crippen molar-refractivity contribution in [2.75, 3.05) is 0 Å². The van der Waals surface area contributed by atoms with E-state index in [1.54, 1.807) is 0 Å². The smallest absolute Gasteiger partial charge is 0.164 e. The predicted molar refractivity (Wildman–Crippen MR) is 268 cm³/mol. The Kier molecular flexibility index (Phi) is 9.46. The third-order valence-electron chi connectivity index (χ3n) is 12.4. The van der Waals surface area contributed by atoms with Gasteiger partial charge in [-0.3, -0.25) is 0 Å². The molecule has 0 aliphatic carbocycles. The van der Waals surface area contributed by atoms with E-state index in [2.05, 4.69) is 212 Å². The molecule has 4 nitrogen and oxygen atoms in total. The lowest BCUT2D eigenvalue weighted by Crippen LogP contribution is -2.01. The Hall–Kier alpha value is -8.73. The monoisotopic (exact) mass is 829 g/mol. The second kappa shape index (κ2) is 16.2. The molecule has 10 aromatic carbocycles. The van der Waals surface area contributed by atoms with E-state index in [9.17, 15) is 0 Å². The lowest BCUT2D eigenvalue weighted by atomic mass is 9.95. The van der Waals surface area contributed by atoms with Crippen LogP contribution in [-0.4, -0.2) is 15.0 Å². The van der Waals surface area contributed by atoms with Crippen molar-refractivity contribution in [2.45, 2.75) is 0 Å². The third kappa shape index (κ3) is 7.04. The van der Waals surface area contributed by atoms with E-state index in [1.165, 1.54) is 16.7 Å². The minimum Gasteiger partial charge on any atom is -0.455 e. The first kappa shape index (κ1) is 38.0. The van der Waals surface area contributed by atoms with Crippen molar-refractivity contribution in [2.24, 2.45) is 0 Å². The number of fused-ring (bicyclic) bond motifs is 4. The number of nitrogens with zero attached hydrogens (tertiary/aromatic N) is 3. The summed E-state index contributed by atoms with van der Waals surface area (Å²) in [5.74, 6) is 1.77. The largest absolute Gasteiger partial charge is 0.455 e. The Balaban J connectivity index is 1.02. The molecule has 0 saturated carbocycles. The fourth-order valence-corrected chi connectivity index (χ4v) is 9.20. The van der Waals surface area contributed by atoms with Crippen LogP contribution >= 0.6 is 0 Å². The van der Waals surface area contributed by atoms with Crippen molar-refractivity contribution in [3.05, 3.63) is 237 Å². The van der Waals surface area contributed by atoms with Gasteiger partial charge < -0.3 is 4.42 Å². The molecule has 0 atom stereocenters. The number of benzene rings is 10. The van der Waals surface area contributed by atoms with E-state index >= 15 is 0 Å². The number of para-hydroxylation sites is 1. The summed E-state index contributed by atoms with van der Waals surface area (Å²) < 4.78 is 6.81. The first-order valence-corrected chi connectivity index (χ1v) is 21.9. The Bertz CT molecular complexity index is 3690. The van der Waals surface area contributed by atoms with Crippen LogP contribution in [0.4, 0.5) is 0 Å². The third-order valence-corrected chi connectivity index (χ3v) is 12.4. The highest BCUT2D eigenvalue weighted by molar-refractivity contribution is 6.15. The molecular formula is C61H39N3O. The van der Waals surface area contributed by atoms with Crippen molar-refractivity contribution in [3.8, 4) is 89.8 Å². The summed E-state index contributed by atoms with van der Waals surface area (Å²) >= 11 is 0. The molecule has 0 saturated heterocycles. The lowest BCUT2D eigenvalue weighted by molar-refractivity contribution is 0.670. The zero-order chi connectivity index (χ0) is 43.1. The van der Waals surface area contributed by atoms with E-state index < -0.39 is 0 Å². The normalized spacial score (nSPS) is 11.4. The van der Waals surface area contributed by atoms with Crippen LogP contribution in [0.3, 0.4) is 0 Å². The second-order valence-corrected chi connectivity index (χ2v) is 16.3.